The van der Waals surface area contributed by atoms with E-state index < -0.39 is 0 Å². The smallest absolute Gasteiger partial charge is 0.253 e. The highest BCUT2D eigenvalue weighted by Gasteiger charge is 2.27. The highest BCUT2D eigenvalue weighted by atomic mass is 16.5. The number of carbonyl (C=O) groups excluding carboxylic acids is 1. The molecule has 1 saturated heterocycles. The van der Waals surface area contributed by atoms with Gasteiger partial charge >= 0.3 is 0 Å². The first-order valence-electron chi connectivity index (χ1n) is 5.31. The minimum absolute atomic E-state index is 0.0412. The van der Waals surface area contributed by atoms with Crippen LogP contribution in [-0.4, -0.2) is 36.9 Å². The van der Waals surface area contributed by atoms with Crippen molar-refractivity contribution < 1.29 is 14.6 Å². The molecule has 0 bridgehead atoms. The van der Waals surface area contributed by atoms with Gasteiger partial charge in [-0.15, -0.1) is 0 Å². The van der Waals surface area contributed by atoms with Gasteiger partial charge in [0.15, 0.2) is 0 Å². The summed E-state index contributed by atoms with van der Waals surface area (Å²) >= 11 is 0. The number of morpholine rings is 1. The quantitative estimate of drug-likeness (QED) is 0.800. The van der Waals surface area contributed by atoms with Crippen molar-refractivity contribution >= 4 is 11.6 Å². The Morgan fingerprint density at radius 3 is 2.94 bits per heavy atom. The van der Waals surface area contributed by atoms with Crippen LogP contribution in [0.15, 0.2) is 24.3 Å². The van der Waals surface area contributed by atoms with Crippen molar-refractivity contribution in [2.45, 2.75) is 13.0 Å². The number of hydrogen-bond donors (Lipinski definition) is 1. The molecule has 1 unspecified atom stereocenters. The zero-order valence-corrected chi connectivity index (χ0v) is 9.22. The number of para-hydroxylation sites is 1. The molecule has 4 heteroatoms. The first-order valence-corrected chi connectivity index (χ1v) is 5.31. The monoisotopic (exact) mass is 221 g/mol. The predicted octanol–water partition coefficient (Wildman–Crippen LogP) is 0.719. The van der Waals surface area contributed by atoms with Gasteiger partial charge in [-0.3, -0.25) is 4.79 Å². The van der Waals surface area contributed by atoms with E-state index in [1.54, 1.807) is 4.90 Å². The highest BCUT2D eigenvalue weighted by molar-refractivity contribution is 5.95. The Labute approximate surface area is 94.4 Å². The van der Waals surface area contributed by atoms with Crippen LogP contribution in [0.5, 0.6) is 0 Å². The molecular formula is C12H15NO3. The molecule has 1 aromatic rings. The van der Waals surface area contributed by atoms with Crippen molar-refractivity contribution in [1.29, 1.82) is 0 Å². The van der Waals surface area contributed by atoms with Crippen LogP contribution in [0.1, 0.15) is 5.56 Å². The number of amides is 1. The number of benzene rings is 1. The lowest BCUT2D eigenvalue weighted by Crippen LogP contribution is -2.48. The summed E-state index contributed by atoms with van der Waals surface area (Å²) in [6, 6.07) is 7.71. The van der Waals surface area contributed by atoms with Gasteiger partial charge in [-0.25, -0.2) is 0 Å². The van der Waals surface area contributed by atoms with Crippen LogP contribution in [0.25, 0.3) is 0 Å². The molecule has 1 heterocycles. The Kier molecular flexibility index (Phi) is 3.22. The number of carbonyl (C=O) groups is 1. The molecule has 2 rings (SSSR count). The van der Waals surface area contributed by atoms with E-state index in [1.165, 1.54) is 0 Å². The first kappa shape index (κ1) is 11.1. The van der Waals surface area contributed by atoms with Crippen molar-refractivity contribution in [1.82, 2.24) is 0 Å². The topological polar surface area (TPSA) is 49.8 Å². The Bertz CT molecular complexity index is 392. The maximum Gasteiger partial charge on any atom is 0.253 e. The lowest BCUT2D eigenvalue weighted by atomic mass is 10.1. The molecule has 1 atom stereocenters. The molecular weight excluding hydrogens is 206 g/mol. The number of aliphatic hydroxyl groups excluding tert-OH is 1. The summed E-state index contributed by atoms with van der Waals surface area (Å²) in [5.74, 6) is -0.0565. The number of aliphatic hydroxyl groups is 1. The van der Waals surface area contributed by atoms with Crippen LogP contribution in [0.2, 0.25) is 0 Å². The SMILES string of the molecule is Cc1ccccc1N1CC(CO)OCC1=O. The normalized spacial score (nSPS) is 21.2. The number of hydrogen-bond acceptors (Lipinski definition) is 3. The van der Waals surface area contributed by atoms with Gasteiger partial charge in [0, 0.05) is 5.69 Å². The van der Waals surface area contributed by atoms with Gasteiger partial charge in [-0.2, -0.15) is 0 Å². The summed E-state index contributed by atoms with van der Waals surface area (Å²) in [6.45, 7) is 2.36. The predicted molar refractivity (Wildman–Crippen MR) is 60.4 cm³/mol. The van der Waals surface area contributed by atoms with Gasteiger partial charge in [-0.05, 0) is 18.6 Å². The second-order valence-electron chi connectivity index (χ2n) is 3.91. The second kappa shape index (κ2) is 4.63. The third kappa shape index (κ3) is 2.08. The van der Waals surface area contributed by atoms with Crippen molar-refractivity contribution in [2.24, 2.45) is 0 Å². The summed E-state index contributed by atoms with van der Waals surface area (Å²) in [6.07, 6.45) is -0.280. The third-order valence-corrected chi connectivity index (χ3v) is 2.74. The standard InChI is InChI=1S/C12H15NO3/c1-9-4-2-3-5-11(9)13-6-10(7-14)16-8-12(13)15/h2-5,10,14H,6-8H2,1H3. The zero-order valence-electron chi connectivity index (χ0n) is 9.22. The van der Waals surface area contributed by atoms with Gasteiger partial charge in [0.2, 0.25) is 0 Å². The van der Waals surface area contributed by atoms with Crippen molar-refractivity contribution in [2.75, 3.05) is 24.7 Å². The summed E-state index contributed by atoms with van der Waals surface area (Å²) in [7, 11) is 0. The van der Waals surface area contributed by atoms with Crippen molar-refractivity contribution in [3.8, 4) is 0 Å². The minimum Gasteiger partial charge on any atom is -0.394 e. The summed E-state index contributed by atoms with van der Waals surface area (Å²) in [5.41, 5.74) is 1.95. The number of nitrogens with zero attached hydrogens (tertiary/aromatic N) is 1. The molecule has 16 heavy (non-hydrogen) atoms. The molecule has 0 radical (unpaired) electrons. The lowest BCUT2D eigenvalue weighted by molar-refractivity contribution is -0.130. The van der Waals surface area contributed by atoms with E-state index in [-0.39, 0.29) is 25.2 Å². The fourth-order valence-electron chi connectivity index (χ4n) is 1.83. The van der Waals surface area contributed by atoms with Crippen molar-refractivity contribution in [3.05, 3.63) is 29.8 Å². The Morgan fingerprint density at radius 1 is 1.50 bits per heavy atom. The Hall–Kier alpha value is -1.39. The van der Waals surface area contributed by atoms with E-state index in [1.807, 2.05) is 31.2 Å². The van der Waals surface area contributed by atoms with Crippen LogP contribution < -0.4 is 4.90 Å². The Morgan fingerprint density at radius 2 is 2.25 bits per heavy atom. The van der Waals surface area contributed by atoms with E-state index in [9.17, 15) is 4.79 Å². The van der Waals surface area contributed by atoms with Gasteiger partial charge < -0.3 is 14.7 Å². The molecule has 1 N–H and O–H groups in total. The fourth-order valence-corrected chi connectivity index (χ4v) is 1.83. The summed E-state index contributed by atoms with van der Waals surface area (Å²) < 4.78 is 5.19. The molecule has 86 valence electrons. The third-order valence-electron chi connectivity index (χ3n) is 2.74. The van der Waals surface area contributed by atoms with Crippen molar-refractivity contribution in [3.63, 3.8) is 0 Å². The lowest BCUT2D eigenvalue weighted by Gasteiger charge is -2.32. The van der Waals surface area contributed by atoms with Gasteiger partial charge in [-0.1, -0.05) is 18.2 Å². The molecule has 1 aliphatic rings. The number of anilines is 1. The maximum atomic E-state index is 11.7. The van der Waals surface area contributed by atoms with E-state index in [0.717, 1.165) is 11.3 Å². The van der Waals surface area contributed by atoms with E-state index in [0.29, 0.717) is 6.54 Å². The molecule has 0 aromatic heterocycles. The molecule has 0 spiro atoms. The van der Waals surface area contributed by atoms with Crippen LogP contribution in [-0.2, 0) is 9.53 Å². The average Bonchev–Trinajstić information content (AvgIpc) is 2.31. The van der Waals surface area contributed by atoms with Gasteiger partial charge in [0.1, 0.15) is 6.61 Å². The van der Waals surface area contributed by atoms with Crippen LogP contribution in [0, 0.1) is 6.92 Å². The summed E-state index contributed by atoms with van der Waals surface area (Å²) in [5, 5.41) is 9.05. The first-order chi connectivity index (χ1) is 7.72. The average molecular weight is 221 g/mol. The number of ether oxygens (including phenoxy) is 1. The minimum atomic E-state index is -0.280. The number of rotatable bonds is 2. The maximum absolute atomic E-state index is 11.7. The van der Waals surface area contributed by atoms with E-state index in [4.69, 9.17) is 9.84 Å². The second-order valence-corrected chi connectivity index (χ2v) is 3.91. The largest absolute Gasteiger partial charge is 0.394 e. The molecule has 1 amide bonds. The van der Waals surface area contributed by atoms with Crippen LogP contribution >= 0.6 is 0 Å². The Balaban J connectivity index is 2.25. The zero-order chi connectivity index (χ0) is 11.5. The molecule has 0 saturated carbocycles. The van der Waals surface area contributed by atoms with Gasteiger partial charge in [0.05, 0.1) is 19.3 Å². The van der Waals surface area contributed by atoms with Gasteiger partial charge in [0.25, 0.3) is 5.91 Å². The van der Waals surface area contributed by atoms with E-state index in [2.05, 4.69) is 0 Å². The fraction of sp³-hybridized carbons (Fsp3) is 0.417. The molecule has 1 fully saturated rings. The highest BCUT2D eigenvalue weighted by Crippen LogP contribution is 2.22. The number of aryl methyl sites for hydroxylation is 1. The molecule has 0 aliphatic carbocycles. The van der Waals surface area contributed by atoms with E-state index >= 15 is 0 Å². The summed E-state index contributed by atoms with van der Waals surface area (Å²) in [4.78, 5) is 13.4. The molecule has 1 aliphatic heterocycles. The molecule has 1 aromatic carbocycles. The molecule has 4 nitrogen and oxygen atoms in total. The van der Waals surface area contributed by atoms with Crippen LogP contribution in [0.3, 0.4) is 0 Å². The van der Waals surface area contributed by atoms with Crippen LogP contribution in [0.4, 0.5) is 5.69 Å².